The second-order valence-corrected chi connectivity index (χ2v) is 1.24. The van der Waals surface area contributed by atoms with Gasteiger partial charge in [-0.15, -0.1) is 13.2 Å². The molecule has 0 saturated heterocycles. The zero-order chi connectivity index (χ0) is 7.11. The Morgan fingerprint density at radius 2 is 2.22 bits per heavy atom. The van der Waals surface area contributed by atoms with Gasteiger partial charge in [-0.1, -0.05) is 0 Å². The number of hydrogen-bond acceptors (Lipinski definition) is 2. The van der Waals surface area contributed by atoms with Gasteiger partial charge in [0, 0.05) is 0 Å². The van der Waals surface area contributed by atoms with Crippen LogP contribution in [0.1, 0.15) is 5.76 Å². The Morgan fingerprint density at radius 3 is 2.44 bits per heavy atom. The van der Waals surface area contributed by atoms with Crippen molar-refractivity contribution in [3.63, 3.8) is 0 Å². The van der Waals surface area contributed by atoms with E-state index in [2.05, 4.69) is 13.2 Å². The molecule has 9 heavy (non-hydrogen) atoms. The van der Waals surface area contributed by atoms with Crippen molar-refractivity contribution in [3.05, 3.63) is 37.3 Å². The highest BCUT2D eigenvalue weighted by molar-refractivity contribution is 4.95. The van der Waals surface area contributed by atoms with E-state index in [1.54, 1.807) is 12.1 Å². The number of aliphatic hydroxyl groups is 1. The number of hydrogen-bond donors (Lipinski definition) is 1. The molecular weight excluding hydrogens is 116 g/mol. The van der Waals surface area contributed by atoms with Gasteiger partial charge in [0.05, 0.1) is 6.26 Å². The van der Waals surface area contributed by atoms with Crippen molar-refractivity contribution in [2.24, 2.45) is 0 Å². The van der Waals surface area contributed by atoms with E-state index in [4.69, 9.17) is 9.52 Å². The molecule has 1 heterocycles. The van der Waals surface area contributed by atoms with Gasteiger partial charge in [0.1, 0.15) is 12.4 Å². The normalized spacial score (nSPS) is 7.67. The lowest BCUT2D eigenvalue weighted by molar-refractivity contribution is 0.247. The van der Waals surface area contributed by atoms with Crippen LogP contribution in [0, 0.1) is 0 Å². The Bertz CT molecular complexity index is 133. The second-order valence-electron chi connectivity index (χ2n) is 1.24. The molecule has 0 atom stereocenters. The van der Waals surface area contributed by atoms with Crippen LogP contribution in [0.25, 0.3) is 0 Å². The smallest absolute Gasteiger partial charge is 0.129 e. The van der Waals surface area contributed by atoms with Gasteiger partial charge in [0.2, 0.25) is 0 Å². The summed E-state index contributed by atoms with van der Waals surface area (Å²) in [6.07, 6.45) is 1.53. The minimum atomic E-state index is -0.00694. The largest absolute Gasteiger partial charge is 0.467 e. The van der Waals surface area contributed by atoms with Gasteiger partial charge in [-0.05, 0) is 12.1 Å². The van der Waals surface area contributed by atoms with Crippen LogP contribution in [0.4, 0.5) is 0 Å². The highest BCUT2D eigenvalue weighted by Gasteiger charge is 1.85. The molecule has 0 aliphatic rings. The minimum Gasteiger partial charge on any atom is -0.467 e. The third-order valence-corrected chi connectivity index (χ3v) is 0.736. The molecule has 50 valence electrons. The van der Waals surface area contributed by atoms with E-state index < -0.39 is 0 Å². The molecule has 0 aromatic carbocycles. The van der Waals surface area contributed by atoms with Crippen molar-refractivity contribution >= 4 is 0 Å². The van der Waals surface area contributed by atoms with E-state index in [-0.39, 0.29) is 6.61 Å². The molecule has 0 amide bonds. The van der Waals surface area contributed by atoms with E-state index in [0.29, 0.717) is 5.76 Å². The predicted molar refractivity (Wildman–Crippen MR) is 35.9 cm³/mol. The first-order chi connectivity index (χ1) is 4.43. The molecule has 0 unspecified atom stereocenters. The van der Waals surface area contributed by atoms with Gasteiger partial charge in [0.15, 0.2) is 0 Å². The van der Waals surface area contributed by atoms with Crippen molar-refractivity contribution in [1.29, 1.82) is 0 Å². The summed E-state index contributed by atoms with van der Waals surface area (Å²) >= 11 is 0. The summed E-state index contributed by atoms with van der Waals surface area (Å²) in [4.78, 5) is 0. The fourth-order valence-electron chi connectivity index (χ4n) is 0.403. The Hall–Kier alpha value is -1.02. The van der Waals surface area contributed by atoms with E-state index in [1.165, 1.54) is 6.26 Å². The summed E-state index contributed by atoms with van der Waals surface area (Å²) in [5.41, 5.74) is 0. The van der Waals surface area contributed by atoms with Gasteiger partial charge >= 0.3 is 0 Å². The molecule has 1 N–H and O–H groups in total. The quantitative estimate of drug-likeness (QED) is 0.579. The highest BCUT2D eigenvalue weighted by Crippen LogP contribution is 1.96. The Kier molecular flexibility index (Phi) is 4.54. The first-order valence-corrected chi connectivity index (χ1v) is 2.56. The zero-order valence-corrected chi connectivity index (χ0v) is 5.21. The maximum absolute atomic E-state index is 8.33. The summed E-state index contributed by atoms with van der Waals surface area (Å²) in [7, 11) is 0. The number of aliphatic hydroxyl groups excluding tert-OH is 1. The van der Waals surface area contributed by atoms with Crippen LogP contribution in [0.5, 0.6) is 0 Å². The van der Waals surface area contributed by atoms with Crippen molar-refractivity contribution in [1.82, 2.24) is 0 Å². The van der Waals surface area contributed by atoms with Crippen molar-refractivity contribution in [2.75, 3.05) is 0 Å². The molecule has 1 aromatic rings. The molecule has 0 bridgehead atoms. The summed E-state index contributed by atoms with van der Waals surface area (Å²) in [5.74, 6) is 0.611. The zero-order valence-electron chi connectivity index (χ0n) is 5.21. The maximum Gasteiger partial charge on any atom is 0.129 e. The monoisotopic (exact) mass is 126 g/mol. The van der Waals surface area contributed by atoms with E-state index in [1.807, 2.05) is 0 Å². The fraction of sp³-hybridized carbons (Fsp3) is 0.143. The Balaban J connectivity index is 0.000000291. The molecule has 2 nitrogen and oxygen atoms in total. The molecule has 0 saturated carbocycles. The van der Waals surface area contributed by atoms with Crippen LogP contribution in [0.2, 0.25) is 0 Å². The maximum atomic E-state index is 8.33. The molecular formula is C7H10O2. The third kappa shape index (κ3) is 2.72. The van der Waals surface area contributed by atoms with Crippen molar-refractivity contribution < 1.29 is 9.52 Å². The van der Waals surface area contributed by atoms with Crippen LogP contribution in [-0.2, 0) is 6.61 Å². The molecule has 0 aliphatic carbocycles. The topological polar surface area (TPSA) is 33.4 Å². The first-order valence-electron chi connectivity index (χ1n) is 2.56. The van der Waals surface area contributed by atoms with Crippen molar-refractivity contribution in [2.45, 2.75) is 6.61 Å². The molecule has 1 aromatic heterocycles. The van der Waals surface area contributed by atoms with Gasteiger partial charge < -0.3 is 9.52 Å². The van der Waals surface area contributed by atoms with Gasteiger partial charge in [-0.2, -0.15) is 0 Å². The molecule has 2 heteroatoms. The Morgan fingerprint density at radius 1 is 1.56 bits per heavy atom. The van der Waals surface area contributed by atoms with Gasteiger partial charge in [-0.25, -0.2) is 0 Å². The molecule has 1 rings (SSSR count). The van der Waals surface area contributed by atoms with E-state index in [9.17, 15) is 0 Å². The minimum absolute atomic E-state index is 0.00694. The summed E-state index contributed by atoms with van der Waals surface area (Å²) in [6.45, 7) is 5.99. The SMILES string of the molecule is C=C.OCc1ccco1. The van der Waals surface area contributed by atoms with Gasteiger partial charge in [0.25, 0.3) is 0 Å². The summed E-state index contributed by atoms with van der Waals surface area (Å²) in [6, 6.07) is 3.46. The lowest BCUT2D eigenvalue weighted by Crippen LogP contribution is -1.72. The number of rotatable bonds is 1. The average Bonchev–Trinajstić information content (AvgIpc) is 2.43. The van der Waals surface area contributed by atoms with Crippen molar-refractivity contribution in [3.8, 4) is 0 Å². The average molecular weight is 126 g/mol. The van der Waals surface area contributed by atoms with Crippen LogP contribution < -0.4 is 0 Å². The lowest BCUT2D eigenvalue weighted by atomic mass is 10.5. The highest BCUT2D eigenvalue weighted by atomic mass is 16.4. The fourth-order valence-corrected chi connectivity index (χ4v) is 0.403. The predicted octanol–water partition coefficient (Wildman–Crippen LogP) is 1.57. The molecule has 0 aliphatic heterocycles. The molecule has 0 fully saturated rings. The van der Waals surface area contributed by atoms with Crippen LogP contribution >= 0.6 is 0 Å². The van der Waals surface area contributed by atoms with E-state index >= 15 is 0 Å². The van der Waals surface area contributed by atoms with Crippen LogP contribution in [0.15, 0.2) is 36.0 Å². The Labute approximate surface area is 54.4 Å². The van der Waals surface area contributed by atoms with Crippen LogP contribution in [0.3, 0.4) is 0 Å². The lowest BCUT2D eigenvalue weighted by Gasteiger charge is -1.79. The first kappa shape index (κ1) is 7.98. The number of furan rings is 1. The third-order valence-electron chi connectivity index (χ3n) is 0.736. The standard InChI is InChI=1S/C5H6O2.C2H4/c6-4-5-2-1-3-7-5;1-2/h1-3,6H,4H2;1-2H2. The summed E-state index contributed by atoms with van der Waals surface area (Å²) in [5, 5.41) is 8.33. The second kappa shape index (κ2) is 5.12. The molecule has 0 radical (unpaired) electrons. The molecule has 0 spiro atoms. The van der Waals surface area contributed by atoms with Gasteiger partial charge in [-0.3, -0.25) is 0 Å². The summed E-state index contributed by atoms with van der Waals surface area (Å²) < 4.78 is 4.73. The van der Waals surface area contributed by atoms with E-state index in [0.717, 1.165) is 0 Å². The van der Waals surface area contributed by atoms with Crippen LogP contribution in [-0.4, -0.2) is 5.11 Å².